The van der Waals surface area contributed by atoms with Crippen molar-refractivity contribution >= 4 is 34.9 Å². The zero-order chi connectivity index (χ0) is 20.8. The Balaban J connectivity index is 1.71. The molecule has 148 valence electrons. The van der Waals surface area contributed by atoms with Gasteiger partial charge in [0.05, 0.1) is 11.4 Å². The third-order valence-electron chi connectivity index (χ3n) is 5.00. The monoisotopic (exact) mass is 390 g/mol. The molecule has 0 radical (unpaired) electrons. The highest BCUT2D eigenvalue weighted by Gasteiger charge is 2.08. The summed E-state index contributed by atoms with van der Waals surface area (Å²) in [5, 5.41) is 7.20. The minimum atomic E-state index is 1.04. The third kappa shape index (κ3) is 4.98. The molecule has 0 spiro atoms. The van der Waals surface area contributed by atoms with Crippen LogP contribution in [0.4, 0.5) is 22.7 Å². The molecule has 0 fully saturated rings. The van der Waals surface area contributed by atoms with Crippen molar-refractivity contribution in [2.45, 2.75) is 13.8 Å². The van der Waals surface area contributed by atoms with Crippen molar-refractivity contribution in [1.82, 2.24) is 0 Å². The van der Waals surface area contributed by atoms with E-state index in [0.717, 1.165) is 28.3 Å². The van der Waals surface area contributed by atoms with Crippen molar-refractivity contribution < 1.29 is 0 Å². The maximum absolute atomic E-state index is 3.62. The molecule has 0 unspecified atom stereocenters. The second kappa shape index (κ2) is 9.15. The van der Waals surface area contributed by atoms with E-state index in [9.17, 15) is 0 Å². The fourth-order valence-electron chi connectivity index (χ4n) is 3.28. The molecule has 0 saturated heterocycles. The normalized spacial score (nSPS) is 10.9. The van der Waals surface area contributed by atoms with Gasteiger partial charge >= 0.3 is 0 Å². The van der Waals surface area contributed by atoms with Crippen LogP contribution in [0.15, 0.2) is 97.1 Å². The highest BCUT2D eigenvalue weighted by molar-refractivity contribution is 5.88. The van der Waals surface area contributed by atoms with Crippen molar-refractivity contribution in [3.63, 3.8) is 0 Å². The minimum Gasteiger partial charge on any atom is -0.354 e. The molecule has 2 nitrogen and oxygen atoms in total. The molecule has 30 heavy (non-hydrogen) atoms. The Morgan fingerprint density at radius 2 is 1.13 bits per heavy atom. The Morgan fingerprint density at radius 3 is 1.77 bits per heavy atom. The van der Waals surface area contributed by atoms with Crippen LogP contribution in [0.5, 0.6) is 0 Å². The van der Waals surface area contributed by atoms with Crippen molar-refractivity contribution in [1.29, 1.82) is 0 Å². The molecule has 0 atom stereocenters. The molecular weight excluding hydrogens is 364 g/mol. The van der Waals surface area contributed by atoms with E-state index in [0.29, 0.717) is 0 Å². The Labute approximate surface area is 178 Å². The van der Waals surface area contributed by atoms with Gasteiger partial charge < -0.3 is 10.6 Å². The average Bonchev–Trinajstić information content (AvgIpc) is 2.77. The van der Waals surface area contributed by atoms with Crippen LogP contribution in [0.3, 0.4) is 0 Å². The van der Waals surface area contributed by atoms with E-state index in [1.54, 1.807) is 0 Å². The maximum atomic E-state index is 3.62. The van der Waals surface area contributed by atoms with Gasteiger partial charge in [0.25, 0.3) is 0 Å². The lowest BCUT2D eigenvalue weighted by atomic mass is 10.1. The predicted molar refractivity (Wildman–Crippen MR) is 131 cm³/mol. The van der Waals surface area contributed by atoms with Crippen LogP contribution in [0.25, 0.3) is 12.2 Å². The number of para-hydroxylation sites is 1. The van der Waals surface area contributed by atoms with Gasteiger partial charge in [0.15, 0.2) is 0 Å². The van der Waals surface area contributed by atoms with Gasteiger partial charge in [0, 0.05) is 16.9 Å². The number of nitrogens with one attached hydrogen (secondary N) is 2. The van der Waals surface area contributed by atoms with E-state index in [-0.39, 0.29) is 0 Å². The Kier molecular flexibility index (Phi) is 5.95. The zero-order valence-corrected chi connectivity index (χ0v) is 17.4. The van der Waals surface area contributed by atoms with Crippen molar-refractivity contribution in [3.05, 3.63) is 119 Å². The van der Waals surface area contributed by atoms with Gasteiger partial charge in [-0.2, -0.15) is 0 Å². The molecule has 0 aliphatic carbocycles. The van der Waals surface area contributed by atoms with Crippen LogP contribution in [-0.4, -0.2) is 0 Å². The lowest BCUT2D eigenvalue weighted by Gasteiger charge is -2.17. The summed E-state index contributed by atoms with van der Waals surface area (Å²) in [5.41, 5.74) is 9.01. The molecule has 0 aromatic heterocycles. The standard InChI is InChI=1S/C28H26N2/c1-21-11-17-25(18-12-21)29-27-10-6-9-24(16-15-23-7-4-3-5-8-23)28(27)30-26-19-13-22(2)14-20-26/h3-20,29-30H,1-2H3. The lowest BCUT2D eigenvalue weighted by Crippen LogP contribution is -2.00. The summed E-state index contributed by atoms with van der Waals surface area (Å²) in [4.78, 5) is 0. The number of hydrogen-bond acceptors (Lipinski definition) is 2. The fraction of sp³-hybridized carbons (Fsp3) is 0.0714. The van der Waals surface area contributed by atoms with Gasteiger partial charge in [-0.3, -0.25) is 0 Å². The molecule has 0 saturated carbocycles. The van der Waals surface area contributed by atoms with E-state index >= 15 is 0 Å². The molecule has 4 aromatic carbocycles. The van der Waals surface area contributed by atoms with Gasteiger partial charge in [-0.1, -0.05) is 90.0 Å². The lowest BCUT2D eigenvalue weighted by molar-refractivity contribution is 1.43. The van der Waals surface area contributed by atoms with Gasteiger partial charge in [0.2, 0.25) is 0 Å². The van der Waals surface area contributed by atoms with Crippen LogP contribution >= 0.6 is 0 Å². The molecule has 0 aliphatic heterocycles. The van der Waals surface area contributed by atoms with Gasteiger partial charge in [-0.15, -0.1) is 0 Å². The van der Waals surface area contributed by atoms with Gasteiger partial charge in [-0.25, -0.2) is 0 Å². The van der Waals surface area contributed by atoms with E-state index in [2.05, 4.69) is 128 Å². The smallest absolute Gasteiger partial charge is 0.0697 e. The molecule has 4 rings (SSSR count). The molecule has 2 N–H and O–H groups in total. The first-order chi connectivity index (χ1) is 14.7. The topological polar surface area (TPSA) is 24.1 Å². The molecule has 0 aliphatic rings. The molecule has 0 bridgehead atoms. The minimum absolute atomic E-state index is 1.04. The quantitative estimate of drug-likeness (QED) is 0.326. The largest absolute Gasteiger partial charge is 0.354 e. The SMILES string of the molecule is Cc1ccc(Nc2cccc(C=Cc3ccccc3)c2Nc2ccc(C)cc2)cc1. The highest BCUT2D eigenvalue weighted by atomic mass is 15.0. The van der Waals surface area contributed by atoms with Crippen molar-refractivity contribution in [2.24, 2.45) is 0 Å². The Bertz CT molecular complexity index is 1130. The van der Waals surface area contributed by atoms with Crippen LogP contribution in [0.1, 0.15) is 22.3 Å². The molecule has 4 aromatic rings. The van der Waals surface area contributed by atoms with E-state index in [1.807, 2.05) is 6.07 Å². The second-order valence-electron chi connectivity index (χ2n) is 7.50. The first-order valence-corrected chi connectivity index (χ1v) is 10.2. The summed E-state index contributed by atoms with van der Waals surface area (Å²) in [6, 6.07) is 33.6. The Morgan fingerprint density at radius 1 is 0.533 bits per heavy atom. The predicted octanol–water partition coefficient (Wildman–Crippen LogP) is 7.96. The summed E-state index contributed by atoms with van der Waals surface area (Å²) in [6.07, 6.45) is 4.30. The number of hydrogen-bond donors (Lipinski definition) is 2. The van der Waals surface area contributed by atoms with Gasteiger partial charge in [-0.05, 0) is 49.7 Å². The van der Waals surface area contributed by atoms with Crippen LogP contribution in [0.2, 0.25) is 0 Å². The number of aryl methyl sites for hydroxylation is 2. The van der Waals surface area contributed by atoms with Crippen molar-refractivity contribution in [3.8, 4) is 0 Å². The summed E-state index contributed by atoms with van der Waals surface area (Å²) >= 11 is 0. The fourth-order valence-corrected chi connectivity index (χ4v) is 3.28. The van der Waals surface area contributed by atoms with Crippen LogP contribution in [-0.2, 0) is 0 Å². The molecule has 0 heterocycles. The second-order valence-corrected chi connectivity index (χ2v) is 7.50. The first-order valence-electron chi connectivity index (χ1n) is 10.2. The molecule has 0 amide bonds. The summed E-state index contributed by atoms with van der Waals surface area (Å²) < 4.78 is 0. The highest BCUT2D eigenvalue weighted by Crippen LogP contribution is 2.33. The summed E-state index contributed by atoms with van der Waals surface area (Å²) in [7, 11) is 0. The third-order valence-corrected chi connectivity index (χ3v) is 5.00. The van der Waals surface area contributed by atoms with Crippen LogP contribution in [0, 0.1) is 13.8 Å². The summed E-state index contributed by atoms with van der Waals surface area (Å²) in [6.45, 7) is 4.20. The number of benzene rings is 4. The van der Waals surface area contributed by atoms with Crippen LogP contribution < -0.4 is 10.6 Å². The molecular formula is C28H26N2. The number of anilines is 4. The molecule has 2 heteroatoms. The van der Waals surface area contributed by atoms with E-state index in [1.165, 1.54) is 16.7 Å². The van der Waals surface area contributed by atoms with E-state index in [4.69, 9.17) is 0 Å². The average molecular weight is 391 g/mol. The first kappa shape index (κ1) is 19.5. The van der Waals surface area contributed by atoms with Crippen molar-refractivity contribution in [2.75, 3.05) is 10.6 Å². The summed E-state index contributed by atoms with van der Waals surface area (Å²) in [5.74, 6) is 0. The van der Waals surface area contributed by atoms with Gasteiger partial charge in [0.1, 0.15) is 0 Å². The number of rotatable bonds is 6. The zero-order valence-electron chi connectivity index (χ0n) is 17.4. The van der Waals surface area contributed by atoms with E-state index < -0.39 is 0 Å². The Hall–Kier alpha value is -3.78. The maximum Gasteiger partial charge on any atom is 0.0697 e.